The molecular weight excluding hydrogens is 266 g/mol. The number of ether oxygens (including phenoxy) is 1. The van der Waals surface area contributed by atoms with Gasteiger partial charge >= 0.3 is 0 Å². The summed E-state index contributed by atoms with van der Waals surface area (Å²) in [7, 11) is -1.68. The van der Waals surface area contributed by atoms with Crippen LogP contribution < -0.4 is 5.73 Å². The van der Waals surface area contributed by atoms with Gasteiger partial charge in [0, 0.05) is 39.3 Å². The number of piperidine rings is 1. The Morgan fingerprint density at radius 3 is 2.74 bits per heavy atom. The van der Waals surface area contributed by atoms with Gasteiger partial charge in [0.1, 0.15) is 0 Å². The normalized spacial score (nSPS) is 30.8. The van der Waals surface area contributed by atoms with Gasteiger partial charge in [0.05, 0.1) is 6.61 Å². The third kappa shape index (κ3) is 3.28. The van der Waals surface area contributed by atoms with Crippen molar-refractivity contribution in [2.45, 2.75) is 31.7 Å². The van der Waals surface area contributed by atoms with Crippen LogP contribution in [0.15, 0.2) is 0 Å². The molecule has 0 aromatic heterocycles. The van der Waals surface area contributed by atoms with E-state index in [2.05, 4.69) is 0 Å². The number of hydrogen-bond donors (Lipinski definition) is 1. The van der Waals surface area contributed by atoms with E-state index in [1.807, 2.05) is 0 Å². The molecule has 0 spiro atoms. The molecule has 0 amide bonds. The van der Waals surface area contributed by atoms with Crippen LogP contribution in [0.1, 0.15) is 25.7 Å². The first-order chi connectivity index (χ1) is 9.09. The molecule has 2 fully saturated rings. The van der Waals surface area contributed by atoms with Gasteiger partial charge < -0.3 is 10.5 Å². The Morgan fingerprint density at radius 2 is 2.05 bits per heavy atom. The van der Waals surface area contributed by atoms with E-state index in [0.717, 1.165) is 25.7 Å². The summed E-state index contributed by atoms with van der Waals surface area (Å²) in [5.74, 6) is 0.320. The van der Waals surface area contributed by atoms with E-state index >= 15 is 0 Å². The molecule has 0 aromatic rings. The number of hydrogen-bond acceptors (Lipinski definition) is 4. The van der Waals surface area contributed by atoms with Crippen LogP contribution in [0.4, 0.5) is 0 Å². The van der Waals surface area contributed by atoms with E-state index in [1.54, 1.807) is 15.7 Å². The molecule has 2 rings (SSSR count). The number of methoxy groups -OCH3 is 1. The summed E-state index contributed by atoms with van der Waals surface area (Å²) in [5.41, 5.74) is 5.72. The Labute approximate surface area is 116 Å². The molecule has 2 aliphatic rings. The number of nitrogens with zero attached hydrogens (tertiary/aromatic N) is 2. The first kappa shape index (κ1) is 15.2. The largest absolute Gasteiger partial charge is 0.384 e. The van der Waals surface area contributed by atoms with Crippen LogP contribution in [-0.4, -0.2) is 63.0 Å². The fourth-order valence-electron chi connectivity index (χ4n) is 3.04. The van der Waals surface area contributed by atoms with Crippen LogP contribution in [0.3, 0.4) is 0 Å². The second kappa shape index (κ2) is 6.49. The van der Waals surface area contributed by atoms with Crippen molar-refractivity contribution in [3.05, 3.63) is 0 Å². The molecule has 112 valence electrons. The quantitative estimate of drug-likeness (QED) is 0.774. The van der Waals surface area contributed by atoms with Gasteiger partial charge in [-0.25, -0.2) is 0 Å². The third-order valence-electron chi connectivity index (χ3n) is 4.12. The van der Waals surface area contributed by atoms with Crippen LogP contribution in [0.5, 0.6) is 0 Å². The summed E-state index contributed by atoms with van der Waals surface area (Å²) in [4.78, 5) is 0. The molecule has 19 heavy (non-hydrogen) atoms. The predicted octanol–water partition coefficient (Wildman–Crippen LogP) is 0.0127. The maximum absolute atomic E-state index is 12.7. The lowest BCUT2D eigenvalue weighted by Crippen LogP contribution is -2.52. The van der Waals surface area contributed by atoms with Gasteiger partial charge in [-0.3, -0.25) is 0 Å². The van der Waals surface area contributed by atoms with Crippen LogP contribution in [0.25, 0.3) is 0 Å². The lowest BCUT2D eigenvalue weighted by molar-refractivity contribution is 0.157. The number of rotatable bonds is 5. The minimum absolute atomic E-state index is 0.0276. The van der Waals surface area contributed by atoms with Crippen molar-refractivity contribution in [1.29, 1.82) is 0 Å². The van der Waals surface area contributed by atoms with E-state index in [0.29, 0.717) is 38.7 Å². The van der Waals surface area contributed by atoms with Gasteiger partial charge in [0.15, 0.2) is 0 Å². The van der Waals surface area contributed by atoms with Crippen molar-refractivity contribution < 1.29 is 13.2 Å². The average molecular weight is 291 g/mol. The molecule has 0 aliphatic carbocycles. The maximum Gasteiger partial charge on any atom is 0.282 e. The topological polar surface area (TPSA) is 75.9 Å². The van der Waals surface area contributed by atoms with Gasteiger partial charge in [0.2, 0.25) is 0 Å². The van der Waals surface area contributed by atoms with E-state index in [-0.39, 0.29) is 6.04 Å². The zero-order chi connectivity index (χ0) is 13.9. The maximum atomic E-state index is 12.7. The zero-order valence-corrected chi connectivity index (χ0v) is 12.4. The van der Waals surface area contributed by atoms with Crippen LogP contribution in [0, 0.1) is 5.92 Å². The highest BCUT2D eigenvalue weighted by Gasteiger charge is 2.39. The fourth-order valence-corrected chi connectivity index (χ4v) is 5.00. The molecule has 6 nitrogen and oxygen atoms in total. The Balaban J connectivity index is 2.05. The first-order valence-corrected chi connectivity index (χ1v) is 8.45. The Bertz CT molecular complexity index is 388. The first-order valence-electron chi connectivity index (χ1n) is 7.05. The van der Waals surface area contributed by atoms with E-state index < -0.39 is 10.2 Å². The highest BCUT2D eigenvalue weighted by molar-refractivity contribution is 7.86. The van der Waals surface area contributed by atoms with Gasteiger partial charge in [-0.1, -0.05) is 6.42 Å². The Hall–Kier alpha value is -0.210. The van der Waals surface area contributed by atoms with Crippen molar-refractivity contribution in [1.82, 2.24) is 8.61 Å². The molecule has 0 aromatic carbocycles. The lowest BCUT2D eigenvalue weighted by atomic mass is 10.1. The molecule has 0 bridgehead atoms. The molecular formula is C12H25N3O3S. The molecule has 0 radical (unpaired) electrons. The summed E-state index contributed by atoms with van der Waals surface area (Å²) in [6.45, 7) is 2.82. The van der Waals surface area contributed by atoms with E-state index in [1.165, 1.54) is 0 Å². The van der Waals surface area contributed by atoms with Gasteiger partial charge in [-0.05, 0) is 25.2 Å². The van der Waals surface area contributed by atoms with Crippen molar-refractivity contribution >= 4 is 10.2 Å². The standard InChI is InChI=1S/C12H25N3O3S/c1-18-10-11-5-7-14(9-11)19(16,17)15-6-3-2-4-12(15)8-13/h11-12H,2-10,13H2,1H3. The third-order valence-corrected chi connectivity index (χ3v) is 6.18. The molecule has 0 saturated carbocycles. The van der Waals surface area contributed by atoms with Crippen molar-refractivity contribution in [3.63, 3.8) is 0 Å². The minimum atomic E-state index is -3.34. The Kier molecular flexibility index (Phi) is 5.19. The summed E-state index contributed by atoms with van der Waals surface area (Å²) < 4.78 is 33.7. The van der Waals surface area contributed by atoms with Crippen LogP contribution in [0.2, 0.25) is 0 Å². The summed E-state index contributed by atoms with van der Waals surface area (Å²) in [6.07, 6.45) is 3.77. The SMILES string of the molecule is COCC1CCN(S(=O)(=O)N2CCCCC2CN)C1. The highest BCUT2D eigenvalue weighted by atomic mass is 32.2. The Morgan fingerprint density at radius 1 is 1.26 bits per heavy atom. The summed E-state index contributed by atoms with van der Waals surface area (Å²) >= 11 is 0. The molecule has 2 atom stereocenters. The molecule has 2 N–H and O–H groups in total. The smallest absolute Gasteiger partial charge is 0.282 e. The van der Waals surface area contributed by atoms with Crippen molar-refractivity contribution in [2.75, 3.05) is 39.9 Å². The van der Waals surface area contributed by atoms with Crippen molar-refractivity contribution in [2.24, 2.45) is 11.7 Å². The van der Waals surface area contributed by atoms with Gasteiger partial charge in [-0.2, -0.15) is 17.0 Å². The second-order valence-corrected chi connectivity index (χ2v) is 7.35. The second-order valence-electron chi connectivity index (χ2n) is 5.47. The van der Waals surface area contributed by atoms with E-state index in [4.69, 9.17) is 10.5 Å². The number of nitrogens with two attached hydrogens (primary N) is 1. The summed E-state index contributed by atoms with van der Waals surface area (Å²) in [6, 6.07) is -0.0276. The summed E-state index contributed by atoms with van der Waals surface area (Å²) in [5, 5.41) is 0. The highest BCUT2D eigenvalue weighted by Crippen LogP contribution is 2.26. The molecule has 2 aliphatic heterocycles. The van der Waals surface area contributed by atoms with Crippen LogP contribution >= 0.6 is 0 Å². The molecule has 7 heteroatoms. The fraction of sp³-hybridized carbons (Fsp3) is 1.00. The monoisotopic (exact) mass is 291 g/mol. The van der Waals surface area contributed by atoms with Gasteiger partial charge in [-0.15, -0.1) is 0 Å². The molecule has 2 heterocycles. The predicted molar refractivity (Wildman–Crippen MR) is 73.9 cm³/mol. The van der Waals surface area contributed by atoms with E-state index in [9.17, 15) is 8.42 Å². The zero-order valence-electron chi connectivity index (χ0n) is 11.6. The molecule has 2 unspecified atom stereocenters. The van der Waals surface area contributed by atoms with Crippen LogP contribution in [-0.2, 0) is 14.9 Å². The molecule has 2 saturated heterocycles. The average Bonchev–Trinajstić information content (AvgIpc) is 2.88. The lowest BCUT2D eigenvalue weighted by Gasteiger charge is -2.36. The minimum Gasteiger partial charge on any atom is -0.384 e. The van der Waals surface area contributed by atoms with Crippen molar-refractivity contribution in [3.8, 4) is 0 Å². The van der Waals surface area contributed by atoms with Gasteiger partial charge in [0.25, 0.3) is 10.2 Å².